The SMILES string of the molecule is OC1(C(F)(F)C(F)(F)C(F)(F)F)CCCc2ccccc21. The average molecular weight is 316 g/mol. The largest absolute Gasteiger partial charge is 0.460 e. The second-order valence-electron chi connectivity index (χ2n) is 5.02. The van der Waals surface area contributed by atoms with Crippen LogP contribution in [0.4, 0.5) is 30.7 Å². The molecule has 0 aromatic heterocycles. The summed E-state index contributed by atoms with van der Waals surface area (Å²) in [7, 11) is 0. The Morgan fingerprint density at radius 2 is 1.52 bits per heavy atom. The van der Waals surface area contributed by atoms with Crippen molar-refractivity contribution in [3.05, 3.63) is 35.4 Å². The summed E-state index contributed by atoms with van der Waals surface area (Å²) in [5, 5.41) is 10.0. The summed E-state index contributed by atoms with van der Waals surface area (Å²) < 4.78 is 91.1. The Labute approximate surface area is 115 Å². The molecule has 1 aliphatic rings. The molecule has 1 atom stereocenters. The predicted octanol–water partition coefficient (Wildman–Crippen LogP) is 4.04. The maximum Gasteiger partial charge on any atom is 0.460 e. The number of benzene rings is 1. The van der Waals surface area contributed by atoms with Crippen LogP contribution in [0.25, 0.3) is 0 Å². The van der Waals surface area contributed by atoms with Gasteiger partial charge in [0.05, 0.1) is 0 Å². The van der Waals surface area contributed by atoms with Crippen molar-refractivity contribution in [2.45, 2.75) is 42.9 Å². The second kappa shape index (κ2) is 4.59. The molecule has 1 aliphatic carbocycles. The number of halogens is 7. The van der Waals surface area contributed by atoms with E-state index in [0.717, 1.165) is 6.07 Å². The van der Waals surface area contributed by atoms with E-state index in [1.165, 1.54) is 18.2 Å². The van der Waals surface area contributed by atoms with Crippen LogP contribution in [0.3, 0.4) is 0 Å². The highest BCUT2D eigenvalue weighted by atomic mass is 19.4. The number of fused-ring (bicyclic) bond motifs is 1. The molecule has 0 radical (unpaired) electrons. The molecule has 8 heteroatoms. The van der Waals surface area contributed by atoms with E-state index < -0.39 is 35.6 Å². The monoisotopic (exact) mass is 316 g/mol. The number of hydrogen-bond donors (Lipinski definition) is 1. The minimum Gasteiger partial charge on any atom is -0.379 e. The third kappa shape index (κ3) is 2.11. The highest BCUT2D eigenvalue weighted by molar-refractivity contribution is 5.37. The highest BCUT2D eigenvalue weighted by Crippen LogP contribution is 2.57. The van der Waals surface area contributed by atoms with Crippen LogP contribution in [-0.2, 0) is 12.0 Å². The number of aliphatic hydroxyl groups is 1. The summed E-state index contributed by atoms with van der Waals surface area (Å²) in [4.78, 5) is 0. The Balaban J connectivity index is 2.60. The zero-order valence-electron chi connectivity index (χ0n) is 10.5. The van der Waals surface area contributed by atoms with Crippen molar-refractivity contribution >= 4 is 0 Å². The molecular formula is C13H11F7O. The van der Waals surface area contributed by atoms with Crippen LogP contribution in [0.2, 0.25) is 0 Å². The molecule has 0 bridgehead atoms. The van der Waals surface area contributed by atoms with Crippen molar-refractivity contribution in [2.75, 3.05) is 0 Å². The van der Waals surface area contributed by atoms with E-state index in [-0.39, 0.29) is 18.4 Å². The Kier molecular flexibility index (Phi) is 3.51. The fourth-order valence-corrected chi connectivity index (χ4v) is 2.57. The van der Waals surface area contributed by atoms with Gasteiger partial charge in [-0.25, -0.2) is 0 Å². The van der Waals surface area contributed by atoms with Crippen molar-refractivity contribution in [1.82, 2.24) is 0 Å². The fraction of sp³-hybridized carbons (Fsp3) is 0.538. The number of aryl methyl sites for hydroxylation is 1. The first-order valence-electron chi connectivity index (χ1n) is 6.08. The third-order valence-electron chi connectivity index (χ3n) is 3.72. The van der Waals surface area contributed by atoms with E-state index in [1.807, 2.05) is 0 Å². The molecule has 0 fully saturated rings. The Morgan fingerprint density at radius 3 is 2.10 bits per heavy atom. The average Bonchev–Trinajstić information content (AvgIpc) is 2.37. The molecule has 0 heterocycles. The van der Waals surface area contributed by atoms with Gasteiger partial charge in [-0.05, 0) is 30.4 Å². The lowest BCUT2D eigenvalue weighted by Gasteiger charge is -2.43. The zero-order valence-corrected chi connectivity index (χ0v) is 10.5. The minimum absolute atomic E-state index is 0.114. The summed E-state index contributed by atoms with van der Waals surface area (Å²) in [5.74, 6) is -12.0. The lowest BCUT2D eigenvalue weighted by atomic mass is 9.73. The first-order chi connectivity index (χ1) is 9.45. The number of rotatable bonds is 2. The Bertz CT molecular complexity index is 538. The van der Waals surface area contributed by atoms with Gasteiger partial charge in [0.25, 0.3) is 0 Å². The van der Waals surface area contributed by atoms with Crippen molar-refractivity contribution in [1.29, 1.82) is 0 Å². The van der Waals surface area contributed by atoms with Gasteiger partial charge in [-0.1, -0.05) is 24.3 Å². The lowest BCUT2D eigenvalue weighted by molar-refractivity contribution is -0.392. The molecular weight excluding hydrogens is 305 g/mol. The summed E-state index contributed by atoms with van der Waals surface area (Å²) in [6, 6.07) is 4.91. The molecule has 1 nitrogen and oxygen atoms in total. The molecule has 1 unspecified atom stereocenters. The minimum atomic E-state index is -6.46. The van der Waals surface area contributed by atoms with Gasteiger partial charge in [0.1, 0.15) is 0 Å². The second-order valence-corrected chi connectivity index (χ2v) is 5.02. The van der Waals surface area contributed by atoms with Crippen LogP contribution < -0.4 is 0 Å². The normalized spacial score (nSPS) is 23.8. The van der Waals surface area contributed by atoms with E-state index in [4.69, 9.17) is 0 Å². The third-order valence-corrected chi connectivity index (χ3v) is 3.72. The van der Waals surface area contributed by atoms with Gasteiger partial charge in [-0.15, -0.1) is 0 Å². The van der Waals surface area contributed by atoms with Crippen molar-refractivity contribution in [3.8, 4) is 0 Å². The molecule has 2 rings (SSSR count). The topological polar surface area (TPSA) is 20.2 Å². The predicted molar refractivity (Wildman–Crippen MR) is 59.2 cm³/mol. The number of alkyl halides is 7. The molecule has 0 aliphatic heterocycles. The van der Waals surface area contributed by atoms with Crippen molar-refractivity contribution in [3.63, 3.8) is 0 Å². The quantitative estimate of drug-likeness (QED) is 0.816. The van der Waals surface area contributed by atoms with E-state index in [1.54, 1.807) is 0 Å². The Morgan fingerprint density at radius 1 is 0.952 bits per heavy atom. The van der Waals surface area contributed by atoms with E-state index in [9.17, 15) is 35.8 Å². The first-order valence-corrected chi connectivity index (χ1v) is 6.08. The van der Waals surface area contributed by atoms with Crippen LogP contribution in [0, 0.1) is 0 Å². The fourth-order valence-electron chi connectivity index (χ4n) is 2.57. The van der Waals surface area contributed by atoms with Gasteiger partial charge < -0.3 is 5.11 Å². The van der Waals surface area contributed by atoms with Gasteiger partial charge in [0.15, 0.2) is 5.60 Å². The van der Waals surface area contributed by atoms with E-state index in [0.29, 0.717) is 0 Å². The van der Waals surface area contributed by atoms with Gasteiger partial charge in [0, 0.05) is 0 Å². The smallest absolute Gasteiger partial charge is 0.379 e. The van der Waals surface area contributed by atoms with E-state index in [2.05, 4.69) is 0 Å². The Hall–Kier alpha value is -1.31. The molecule has 118 valence electrons. The molecule has 0 spiro atoms. The van der Waals surface area contributed by atoms with Crippen molar-refractivity contribution in [2.24, 2.45) is 0 Å². The van der Waals surface area contributed by atoms with Crippen LogP contribution in [0.5, 0.6) is 0 Å². The maximum absolute atomic E-state index is 13.9. The molecule has 21 heavy (non-hydrogen) atoms. The standard InChI is InChI=1S/C13H11F7O/c14-11(15,12(16,17)13(18,19)20)10(21)7-3-5-8-4-1-2-6-9(8)10/h1-2,4,6,21H,3,5,7H2. The van der Waals surface area contributed by atoms with Gasteiger partial charge in [0.2, 0.25) is 0 Å². The highest BCUT2D eigenvalue weighted by Gasteiger charge is 2.79. The van der Waals surface area contributed by atoms with Crippen LogP contribution in [-0.4, -0.2) is 23.1 Å². The van der Waals surface area contributed by atoms with Gasteiger partial charge >= 0.3 is 18.0 Å². The zero-order chi connectivity index (χ0) is 16.1. The number of hydrogen-bond acceptors (Lipinski definition) is 1. The summed E-state index contributed by atoms with van der Waals surface area (Å²) in [6.45, 7) is 0. The molecule has 0 amide bonds. The van der Waals surface area contributed by atoms with Gasteiger partial charge in [-0.3, -0.25) is 0 Å². The van der Waals surface area contributed by atoms with Crippen molar-refractivity contribution < 1.29 is 35.8 Å². The van der Waals surface area contributed by atoms with Gasteiger partial charge in [-0.2, -0.15) is 30.7 Å². The molecule has 1 aromatic rings. The summed E-state index contributed by atoms with van der Waals surface area (Å²) >= 11 is 0. The molecule has 1 N–H and O–H groups in total. The van der Waals surface area contributed by atoms with Crippen LogP contribution >= 0.6 is 0 Å². The molecule has 0 saturated carbocycles. The summed E-state index contributed by atoms with van der Waals surface area (Å²) in [6.07, 6.45) is -7.22. The van der Waals surface area contributed by atoms with E-state index >= 15 is 0 Å². The lowest BCUT2D eigenvalue weighted by Crippen LogP contribution is -2.63. The summed E-state index contributed by atoms with van der Waals surface area (Å²) in [5.41, 5.74) is -3.99. The first kappa shape index (κ1) is 16.1. The van der Waals surface area contributed by atoms with Crippen LogP contribution in [0.15, 0.2) is 24.3 Å². The van der Waals surface area contributed by atoms with Crippen LogP contribution in [0.1, 0.15) is 24.0 Å². The molecule has 1 aromatic carbocycles. The maximum atomic E-state index is 13.9. The molecule has 0 saturated heterocycles.